The van der Waals surface area contributed by atoms with Gasteiger partial charge in [0.25, 0.3) is 0 Å². The van der Waals surface area contributed by atoms with Crippen LogP contribution in [0.5, 0.6) is 0 Å². The van der Waals surface area contributed by atoms with Gasteiger partial charge in [0.1, 0.15) is 5.82 Å². The van der Waals surface area contributed by atoms with Crippen LogP contribution in [0.15, 0.2) is 47.5 Å². The molecule has 0 fully saturated rings. The second kappa shape index (κ2) is 11.9. The van der Waals surface area contributed by atoms with E-state index in [4.69, 9.17) is 4.74 Å². The third kappa shape index (κ3) is 7.10. The Hall–Kier alpha value is -1.67. The lowest BCUT2D eigenvalue weighted by Crippen LogP contribution is -2.38. The number of guanidine groups is 1. The Balaban J connectivity index is 0.00000364. The van der Waals surface area contributed by atoms with Crippen molar-refractivity contribution in [3.63, 3.8) is 0 Å². The molecule has 0 amide bonds. The van der Waals surface area contributed by atoms with Gasteiger partial charge in [-0.2, -0.15) is 0 Å². The molecule has 0 aromatic heterocycles. The maximum Gasteiger partial charge on any atom is 0.192 e. The molecule has 0 aliphatic heterocycles. The number of aliphatic imine (C=N–C) groups is 1. The van der Waals surface area contributed by atoms with Gasteiger partial charge in [-0.15, -0.1) is 24.0 Å². The van der Waals surface area contributed by atoms with E-state index in [1.165, 1.54) is 17.2 Å². The van der Waals surface area contributed by atoms with Crippen molar-refractivity contribution in [3.8, 4) is 0 Å². The maximum absolute atomic E-state index is 13.7. The van der Waals surface area contributed by atoms with Gasteiger partial charge in [0.2, 0.25) is 0 Å². The summed E-state index contributed by atoms with van der Waals surface area (Å²) in [5, 5.41) is 6.70. The van der Waals surface area contributed by atoms with E-state index in [0.717, 1.165) is 18.1 Å². The zero-order valence-corrected chi connectivity index (χ0v) is 18.7. The number of aryl methyl sites for hydroxylation is 1. The molecule has 148 valence electrons. The Morgan fingerprint density at radius 3 is 2.63 bits per heavy atom. The van der Waals surface area contributed by atoms with E-state index >= 15 is 0 Å². The van der Waals surface area contributed by atoms with Crippen LogP contribution in [-0.2, 0) is 17.9 Å². The van der Waals surface area contributed by atoms with Crippen LogP contribution in [0.2, 0.25) is 0 Å². The number of benzene rings is 2. The van der Waals surface area contributed by atoms with E-state index in [0.29, 0.717) is 12.1 Å². The number of halogens is 2. The number of methoxy groups -OCH3 is 1. The number of rotatable bonds is 7. The molecule has 2 aromatic rings. The minimum atomic E-state index is -0.252. The van der Waals surface area contributed by atoms with Crippen molar-refractivity contribution in [1.29, 1.82) is 0 Å². The fourth-order valence-corrected chi connectivity index (χ4v) is 2.84. The lowest BCUT2D eigenvalue weighted by Gasteiger charge is -2.19. The highest BCUT2D eigenvalue weighted by Crippen LogP contribution is 2.17. The molecule has 0 aliphatic carbocycles. The normalized spacial score (nSPS) is 12.3. The standard InChI is InChI=1S/C21H28FN3O.HI/c1-5-23-21(25-16(3)19-9-7-6-8-15(19)2)24-13-17-10-11-20(22)18(12-17)14-26-4;/h6-12,16H,5,13-14H2,1-4H3,(H2,23,24,25);1H. The summed E-state index contributed by atoms with van der Waals surface area (Å²) >= 11 is 0. The highest BCUT2D eigenvalue weighted by Gasteiger charge is 2.10. The van der Waals surface area contributed by atoms with Crippen molar-refractivity contribution in [1.82, 2.24) is 10.6 Å². The third-order valence-electron chi connectivity index (χ3n) is 4.18. The number of hydrogen-bond acceptors (Lipinski definition) is 2. The highest BCUT2D eigenvalue weighted by molar-refractivity contribution is 14.0. The Morgan fingerprint density at radius 2 is 1.96 bits per heavy atom. The smallest absolute Gasteiger partial charge is 0.192 e. The Bertz CT molecular complexity index is 752. The highest BCUT2D eigenvalue weighted by atomic mass is 127. The number of nitrogens with one attached hydrogen (secondary N) is 2. The molecule has 1 unspecified atom stereocenters. The quantitative estimate of drug-likeness (QED) is 0.339. The summed E-state index contributed by atoms with van der Waals surface area (Å²) < 4.78 is 18.8. The molecule has 0 spiro atoms. The Labute approximate surface area is 178 Å². The van der Waals surface area contributed by atoms with Crippen molar-refractivity contribution in [2.24, 2.45) is 4.99 Å². The minimum Gasteiger partial charge on any atom is -0.380 e. The minimum absolute atomic E-state index is 0. The first-order valence-corrected chi connectivity index (χ1v) is 8.91. The third-order valence-corrected chi connectivity index (χ3v) is 4.18. The molecule has 6 heteroatoms. The predicted molar refractivity (Wildman–Crippen MR) is 120 cm³/mol. The lowest BCUT2D eigenvalue weighted by molar-refractivity contribution is 0.181. The van der Waals surface area contributed by atoms with Gasteiger partial charge in [-0.05, 0) is 49.6 Å². The van der Waals surface area contributed by atoms with Crippen molar-refractivity contribution in [2.75, 3.05) is 13.7 Å². The summed E-state index contributed by atoms with van der Waals surface area (Å²) in [5.41, 5.74) is 3.97. The largest absolute Gasteiger partial charge is 0.380 e. The molecule has 0 bridgehead atoms. The second-order valence-corrected chi connectivity index (χ2v) is 6.28. The van der Waals surface area contributed by atoms with Gasteiger partial charge in [0.15, 0.2) is 5.96 Å². The Kier molecular flexibility index (Phi) is 10.3. The molecule has 1 atom stereocenters. The molecule has 2 aromatic carbocycles. The van der Waals surface area contributed by atoms with Gasteiger partial charge in [-0.1, -0.05) is 30.3 Å². The van der Waals surface area contributed by atoms with E-state index in [1.54, 1.807) is 19.2 Å². The van der Waals surface area contributed by atoms with Crippen molar-refractivity contribution in [2.45, 2.75) is 40.0 Å². The van der Waals surface area contributed by atoms with E-state index in [2.05, 4.69) is 41.6 Å². The molecule has 2 N–H and O–H groups in total. The van der Waals surface area contributed by atoms with Crippen molar-refractivity contribution >= 4 is 29.9 Å². The molecule has 0 aliphatic rings. The van der Waals surface area contributed by atoms with Gasteiger partial charge in [-0.25, -0.2) is 9.38 Å². The van der Waals surface area contributed by atoms with Crippen LogP contribution < -0.4 is 10.6 Å². The summed E-state index contributed by atoms with van der Waals surface area (Å²) in [6.07, 6.45) is 0. The number of ether oxygens (including phenoxy) is 1. The van der Waals surface area contributed by atoms with E-state index in [9.17, 15) is 4.39 Å². The van der Waals surface area contributed by atoms with Crippen LogP contribution in [0.1, 0.15) is 42.1 Å². The van der Waals surface area contributed by atoms with Gasteiger partial charge in [0, 0.05) is 19.2 Å². The van der Waals surface area contributed by atoms with Crippen LogP contribution in [0, 0.1) is 12.7 Å². The van der Waals surface area contributed by atoms with Crippen LogP contribution in [0.3, 0.4) is 0 Å². The zero-order valence-electron chi connectivity index (χ0n) is 16.4. The summed E-state index contributed by atoms with van der Waals surface area (Å²) in [4.78, 5) is 4.64. The summed E-state index contributed by atoms with van der Waals surface area (Å²) in [5.74, 6) is 0.485. The maximum atomic E-state index is 13.7. The summed E-state index contributed by atoms with van der Waals surface area (Å²) in [6.45, 7) is 7.74. The van der Waals surface area contributed by atoms with Gasteiger partial charge in [0.05, 0.1) is 19.2 Å². The molecular formula is C21H29FIN3O. The SMILES string of the molecule is CCNC(=NCc1ccc(F)c(COC)c1)NC(C)c1ccccc1C.I. The fraction of sp³-hybridized carbons (Fsp3) is 0.381. The molecule has 4 nitrogen and oxygen atoms in total. The van der Waals surface area contributed by atoms with E-state index in [1.807, 2.05) is 19.1 Å². The first-order chi connectivity index (χ1) is 12.5. The molecule has 2 rings (SSSR count). The molecule has 0 radical (unpaired) electrons. The monoisotopic (exact) mass is 485 g/mol. The van der Waals surface area contributed by atoms with Crippen LogP contribution in [0.4, 0.5) is 4.39 Å². The fourth-order valence-electron chi connectivity index (χ4n) is 2.84. The van der Waals surface area contributed by atoms with Crippen LogP contribution in [-0.4, -0.2) is 19.6 Å². The van der Waals surface area contributed by atoms with Gasteiger partial charge < -0.3 is 15.4 Å². The molecule has 0 saturated carbocycles. The molecule has 0 saturated heterocycles. The lowest BCUT2D eigenvalue weighted by atomic mass is 10.0. The number of hydrogen-bond donors (Lipinski definition) is 2. The topological polar surface area (TPSA) is 45.7 Å². The average Bonchev–Trinajstić information content (AvgIpc) is 2.62. The first kappa shape index (κ1) is 23.4. The second-order valence-electron chi connectivity index (χ2n) is 6.28. The van der Waals surface area contributed by atoms with Crippen molar-refractivity contribution < 1.29 is 9.13 Å². The Morgan fingerprint density at radius 1 is 1.22 bits per heavy atom. The molecule has 0 heterocycles. The van der Waals surface area contributed by atoms with E-state index < -0.39 is 0 Å². The summed E-state index contributed by atoms with van der Waals surface area (Å²) in [6, 6.07) is 13.5. The number of nitrogens with zero attached hydrogens (tertiary/aromatic N) is 1. The van der Waals surface area contributed by atoms with Gasteiger partial charge in [-0.3, -0.25) is 0 Å². The van der Waals surface area contributed by atoms with Crippen LogP contribution in [0.25, 0.3) is 0 Å². The average molecular weight is 485 g/mol. The molecule has 27 heavy (non-hydrogen) atoms. The zero-order chi connectivity index (χ0) is 18.9. The van der Waals surface area contributed by atoms with E-state index in [-0.39, 0.29) is 42.4 Å². The first-order valence-electron chi connectivity index (χ1n) is 8.91. The van der Waals surface area contributed by atoms with Crippen LogP contribution >= 0.6 is 24.0 Å². The molecular weight excluding hydrogens is 456 g/mol. The predicted octanol–water partition coefficient (Wildman–Crippen LogP) is 4.71. The van der Waals surface area contributed by atoms with Crippen molar-refractivity contribution in [3.05, 3.63) is 70.5 Å². The van der Waals surface area contributed by atoms with Gasteiger partial charge >= 0.3 is 0 Å². The summed E-state index contributed by atoms with van der Waals surface area (Å²) in [7, 11) is 1.56.